The van der Waals surface area contributed by atoms with E-state index in [4.69, 9.17) is 5.73 Å². The quantitative estimate of drug-likeness (QED) is 0.593. The van der Waals surface area contributed by atoms with E-state index >= 15 is 0 Å². The summed E-state index contributed by atoms with van der Waals surface area (Å²) in [6.45, 7) is 0.686. The number of hydrogen-bond donors (Lipinski definition) is 2. The molecule has 0 aliphatic heterocycles. The third-order valence-electron chi connectivity index (χ3n) is 5.22. The molecular weight excluding hydrogens is 392 g/mol. The summed E-state index contributed by atoms with van der Waals surface area (Å²) in [5, 5.41) is 2.72. The maximum atomic E-state index is 12.5. The number of hydrogen-bond acceptors (Lipinski definition) is 5. The van der Waals surface area contributed by atoms with Crippen LogP contribution in [0.2, 0.25) is 0 Å². The van der Waals surface area contributed by atoms with Gasteiger partial charge in [0.1, 0.15) is 0 Å². The Morgan fingerprint density at radius 3 is 2.45 bits per heavy atom. The smallest absolute Gasteiger partial charge is 0.242 e. The van der Waals surface area contributed by atoms with Crippen molar-refractivity contribution in [2.75, 3.05) is 39.0 Å². The third-order valence-corrected chi connectivity index (χ3v) is 7.03. The molecule has 1 saturated carbocycles. The zero-order chi connectivity index (χ0) is 21.4. The van der Waals surface area contributed by atoms with Crippen molar-refractivity contribution >= 4 is 27.5 Å². The molecule has 0 saturated heterocycles. The van der Waals surface area contributed by atoms with Gasteiger partial charge in [0.05, 0.1) is 18.0 Å². The Bertz CT molecular complexity index is 804. The molecule has 29 heavy (non-hydrogen) atoms. The van der Waals surface area contributed by atoms with Crippen LogP contribution >= 0.6 is 0 Å². The van der Waals surface area contributed by atoms with Crippen LogP contribution < -0.4 is 11.1 Å². The Labute approximate surface area is 173 Å². The van der Waals surface area contributed by atoms with E-state index in [1.54, 1.807) is 17.0 Å². The molecule has 3 N–H and O–H groups in total. The highest BCUT2D eigenvalue weighted by atomic mass is 32.2. The molecule has 0 bridgehead atoms. The van der Waals surface area contributed by atoms with Gasteiger partial charge in [-0.3, -0.25) is 14.5 Å². The number of benzene rings is 1. The van der Waals surface area contributed by atoms with E-state index < -0.39 is 15.9 Å². The Hall–Kier alpha value is -1.97. The van der Waals surface area contributed by atoms with Crippen molar-refractivity contribution < 1.29 is 18.0 Å². The van der Waals surface area contributed by atoms with Gasteiger partial charge in [-0.2, -0.15) is 0 Å². The van der Waals surface area contributed by atoms with Crippen molar-refractivity contribution in [2.45, 2.75) is 43.4 Å². The molecule has 0 heterocycles. The molecule has 0 unspecified atom stereocenters. The van der Waals surface area contributed by atoms with E-state index in [-0.39, 0.29) is 23.9 Å². The Kier molecular flexibility index (Phi) is 8.60. The van der Waals surface area contributed by atoms with Gasteiger partial charge < -0.3 is 11.1 Å². The first-order valence-corrected chi connectivity index (χ1v) is 11.5. The fourth-order valence-electron chi connectivity index (χ4n) is 3.62. The number of nitrogens with one attached hydrogen (secondary N) is 1. The molecule has 0 aromatic heterocycles. The molecule has 1 aliphatic carbocycles. The molecule has 1 aromatic carbocycles. The van der Waals surface area contributed by atoms with Crippen LogP contribution in [0.25, 0.3) is 0 Å². The van der Waals surface area contributed by atoms with Crippen LogP contribution in [0.4, 0.5) is 5.69 Å². The second-order valence-electron chi connectivity index (χ2n) is 7.83. The molecule has 9 heteroatoms. The lowest BCUT2D eigenvalue weighted by Crippen LogP contribution is -2.40. The second-order valence-corrected chi connectivity index (χ2v) is 9.98. The molecule has 0 radical (unpaired) electrons. The van der Waals surface area contributed by atoms with Crippen LogP contribution in [0, 0.1) is 5.92 Å². The van der Waals surface area contributed by atoms with Gasteiger partial charge in [-0.05, 0) is 37.1 Å². The number of nitrogens with zero attached hydrogens (tertiary/aromatic N) is 2. The van der Waals surface area contributed by atoms with Crippen LogP contribution in [0.5, 0.6) is 0 Å². The first-order chi connectivity index (χ1) is 13.7. The summed E-state index contributed by atoms with van der Waals surface area (Å²) < 4.78 is 25.6. The first kappa shape index (κ1) is 23.3. The predicted octanol–water partition coefficient (Wildman–Crippen LogP) is 1.63. The summed E-state index contributed by atoms with van der Waals surface area (Å²) in [7, 11) is -0.679. The molecule has 0 atom stereocenters. The van der Waals surface area contributed by atoms with Crippen LogP contribution in [0.1, 0.15) is 38.5 Å². The highest BCUT2D eigenvalue weighted by Gasteiger charge is 2.20. The molecule has 0 spiro atoms. The zero-order valence-electron chi connectivity index (χ0n) is 17.3. The number of amides is 2. The lowest BCUT2D eigenvalue weighted by molar-refractivity contribution is -0.121. The van der Waals surface area contributed by atoms with Crippen molar-refractivity contribution in [1.82, 2.24) is 9.21 Å². The van der Waals surface area contributed by atoms with Crippen LogP contribution in [0.3, 0.4) is 0 Å². The molecule has 2 rings (SSSR count). The maximum Gasteiger partial charge on any atom is 0.242 e. The summed E-state index contributed by atoms with van der Waals surface area (Å²) in [5.74, 6) is -0.148. The van der Waals surface area contributed by atoms with E-state index in [9.17, 15) is 18.0 Å². The fraction of sp³-hybridized carbons (Fsp3) is 0.600. The van der Waals surface area contributed by atoms with Crippen molar-refractivity contribution in [3.8, 4) is 0 Å². The Morgan fingerprint density at radius 1 is 1.14 bits per heavy atom. The maximum absolute atomic E-state index is 12.5. The van der Waals surface area contributed by atoms with Crippen molar-refractivity contribution in [2.24, 2.45) is 11.7 Å². The van der Waals surface area contributed by atoms with Gasteiger partial charge in [-0.25, -0.2) is 12.7 Å². The molecule has 8 nitrogen and oxygen atoms in total. The van der Waals surface area contributed by atoms with Gasteiger partial charge in [-0.15, -0.1) is 0 Å². The molecule has 162 valence electrons. The molecule has 1 aromatic rings. The Morgan fingerprint density at radius 2 is 1.83 bits per heavy atom. The van der Waals surface area contributed by atoms with E-state index in [1.807, 2.05) is 0 Å². The van der Waals surface area contributed by atoms with Crippen LogP contribution in [0.15, 0.2) is 29.2 Å². The lowest BCUT2D eigenvalue weighted by atomic mass is 9.87. The third kappa shape index (κ3) is 7.41. The largest absolute Gasteiger partial charge is 0.369 e. The summed E-state index contributed by atoms with van der Waals surface area (Å²) in [6, 6.07) is 6.12. The summed E-state index contributed by atoms with van der Waals surface area (Å²) in [5.41, 5.74) is 5.74. The number of carbonyl (C=O) groups excluding carboxylic acids is 2. The minimum Gasteiger partial charge on any atom is -0.369 e. The second kappa shape index (κ2) is 10.7. The summed E-state index contributed by atoms with van der Waals surface area (Å²) in [4.78, 5) is 25.7. The van der Waals surface area contributed by atoms with Crippen molar-refractivity contribution in [1.29, 1.82) is 0 Å². The van der Waals surface area contributed by atoms with Gasteiger partial charge in [-0.1, -0.05) is 38.2 Å². The summed E-state index contributed by atoms with van der Waals surface area (Å²) >= 11 is 0. The van der Waals surface area contributed by atoms with Gasteiger partial charge in [0.25, 0.3) is 0 Å². The number of sulfonamides is 1. The molecular formula is C20H32N4O4S. The van der Waals surface area contributed by atoms with Crippen LogP contribution in [-0.2, 0) is 19.6 Å². The average Bonchev–Trinajstić information content (AvgIpc) is 2.66. The van der Waals surface area contributed by atoms with Gasteiger partial charge in [0.2, 0.25) is 21.8 Å². The highest BCUT2D eigenvalue weighted by molar-refractivity contribution is 7.89. The van der Waals surface area contributed by atoms with Crippen LogP contribution in [-0.4, -0.2) is 63.2 Å². The van der Waals surface area contributed by atoms with Gasteiger partial charge >= 0.3 is 0 Å². The standard InChI is InChI=1S/C20H32N4O4S/c1-23(2)29(27,28)18-10-6-9-17(13-18)22-20(26)15-24(14-19(21)25)12-11-16-7-4-3-5-8-16/h6,9-10,13,16H,3-5,7-8,11-12,14-15H2,1-2H3,(H2,21,25)(H,22,26). The topological polar surface area (TPSA) is 113 Å². The normalized spacial score (nSPS) is 15.6. The van der Waals surface area contributed by atoms with E-state index in [0.717, 1.165) is 10.7 Å². The first-order valence-electron chi connectivity index (χ1n) is 10.0. The fourth-order valence-corrected chi connectivity index (χ4v) is 4.57. The van der Waals surface area contributed by atoms with Crippen molar-refractivity contribution in [3.05, 3.63) is 24.3 Å². The molecule has 2 amide bonds. The van der Waals surface area contributed by atoms with E-state index in [0.29, 0.717) is 18.2 Å². The van der Waals surface area contributed by atoms with Gasteiger partial charge in [0, 0.05) is 19.8 Å². The van der Waals surface area contributed by atoms with E-state index in [1.165, 1.54) is 58.3 Å². The minimum absolute atomic E-state index is 0.0230. The number of carbonyl (C=O) groups is 2. The van der Waals surface area contributed by atoms with Crippen molar-refractivity contribution in [3.63, 3.8) is 0 Å². The average molecular weight is 425 g/mol. The Balaban J connectivity index is 1.97. The number of rotatable bonds is 10. The molecule has 1 fully saturated rings. The number of nitrogens with two attached hydrogens (primary N) is 1. The SMILES string of the molecule is CN(C)S(=O)(=O)c1cccc(NC(=O)CN(CCC2CCCCC2)CC(N)=O)c1. The number of primary amides is 1. The van der Waals surface area contributed by atoms with E-state index in [2.05, 4.69) is 5.32 Å². The van der Waals surface area contributed by atoms with Gasteiger partial charge in [0.15, 0.2) is 0 Å². The lowest BCUT2D eigenvalue weighted by Gasteiger charge is -2.26. The monoisotopic (exact) mass is 424 g/mol. The predicted molar refractivity (Wildman–Crippen MR) is 113 cm³/mol. The zero-order valence-corrected chi connectivity index (χ0v) is 18.1. The molecule has 1 aliphatic rings. The number of anilines is 1. The highest BCUT2D eigenvalue weighted by Crippen LogP contribution is 2.26. The minimum atomic E-state index is -3.58. The summed E-state index contributed by atoms with van der Waals surface area (Å²) in [6.07, 6.45) is 7.11.